The lowest BCUT2D eigenvalue weighted by molar-refractivity contribution is -0.142. The quantitative estimate of drug-likeness (QED) is 0.418. The highest BCUT2D eigenvalue weighted by Gasteiger charge is 2.41. The molecule has 0 heterocycles. The molecule has 0 aliphatic heterocycles. The fourth-order valence-electron chi connectivity index (χ4n) is 2.68. The molecule has 0 bridgehead atoms. The summed E-state index contributed by atoms with van der Waals surface area (Å²) in [4.78, 5) is 35.5. The number of carbonyl (C=O) groups excluding carboxylic acids is 3. The molecule has 0 fully saturated rings. The van der Waals surface area contributed by atoms with Crippen LogP contribution in [0.2, 0.25) is 0 Å². The molecule has 1 aromatic rings. The molecule has 0 radical (unpaired) electrons. The normalized spacial score (nSPS) is 16.3. The lowest BCUT2D eigenvalue weighted by Gasteiger charge is -2.06. The van der Waals surface area contributed by atoms with Crippen molar-refractivity contribution in [3.05, 3.63) is 52.6 Å². The van der Waals surface area contributed by atoms with Crippen LogP contribution in [0.15, 0.2) is 41.5 Å². The Balaban J connectivity index is 1.99. The SMILES string of the molecule is CC(=O)OC1C(=O)c2ccc(OC/C=C(\C)CCC=C(C)C)cc2C1=O. The zero-order valence-corrected chi connectivity index (χ0v) is 15.6. The molecule has 1 atom stereocenters. The number of fused-ring (bicyclic) bond motifs is 1. The number of hydrogen-bond donors (Lipinski definition) is 0. The van der Waals surface area contributed by atoms with Gasteiger partial charge < -0.3 is 9.47 Å². The first-order valence-corrected chi connectivity index (χ1v) is 8.61. The molecule has 0 saturated heterocycles. The number of esters is 1. The number of carbonyl (C=O) groups is 3. The standard InChI is InChI=1S/C21H24O5/c1-13(2)6-5-7-14(3)10-11-25-16-8-9-17-18(12-16)20(24)21(19(17)23)26-15(4)22/h6,8-10,12,21H,5,7,11H2,1-4H3/b14-10+. The highest BCUT2D eigenvalue weighted by atomic mass is 16.5. The summed E-state index contributed by atoms with van der Waals surface area (Å²) in [6, 6.07) is 4.72. The summed E-state index contributed by atoms with van der Waals surface area (Å²) < 4.78 is 10.5. The van der Waals surface area contributed by atoms with Crippen molar-refractivity contribution in [2.45, 2.75) is 46.6 Å². The van der Waals surface area contributed by atoms with Crippen LogP contribution in [-0.2, 0) is 9.53 Å². The van der Waals surface area contributed by atoms with Crippen molar-refractivity contribution in [2.24, 2.45) is 0 Å². The Kier molecular flexibility index (Phi) is 6.50. The van der Waals surface area contributed by atoms with Gasteiger partial charge in [-0.05, 0) is 57.9 Å². The van der Waals surface area contributed by atoms with Crippen LogP contribution < -0.4 is 4.74 Å². The number of hydrogen-bond acceptors (Lipinski definition) is 5. The molecule has 0 N–H and O–H groups in total. The van der Waals surface area contributed by atoms with Gasteiger partial charge in [0.15, 0.2) is 0 Å². The summed E-state index contributed by atoms with van der Waals surface area (Å²) in [5.41, 5.74) is 3.04. The van der Waals surface area contributed by atoms with Crippen LogP contribution in [0.5, 0.6) is 5.75 Å². The number of allylic oxidation sites excluding steroid dienone is 3. The predicted molar refractivity (Wildman–Crippen MR) is 98.6 cm³/mol. The fourth-order valence-corrected chi connectivity index (χ4v) is 2.68. The third-order valence-electron chi connectivity index (χ3n) is 4.06. The minimum atomic E-state index is -1.37. The summed E-state index contributed by atoms with van der Waals surface area (Å²) in [5.74, 6) is -1.14. The highest BCUT2D eigenvalue weighted by molar-refractivity contribution is 6.29. The number of ether oxygens (including phenoxy) is 2. The van der Waals surface area contributed by atoms with E-state index in [0.717, 1.165) is 12.8 Å². The molecule has 1 aliphatic carbocycles. The van der Waals surface area contributed by atoms with Gasteiger partial charge in [0.1, 0.15) is 12.4 Å². The number of ketones is 2. The van der Waals surface area contributed by atoms with Gasteiger partial charge in [-0.3, -0.25) is 14.4 Å². The van der Waals surface area contributed by atoms with Crippen LogP contribution in [-0.4, -0.2) is 30.2 Å². The van der Waals surface area contributed by atoms with Gasteiger partial charge in [-0.2, -0.15) is 0 Å². The van der Waals surface area contributed by atoms with E-state index < -0.39 is 23.6 Å². The smallest absolute Gasteiger partial charge is 0.303 e. The summed E-state index contributed by atoms with van der Waals surface area (Å²) in [5, 5.41) is 0. The van der Waals surface area contributed by atoms with E-state index in [-0.39, 0.29) is 11.1 Å². The zero-order valence-electron chi connectivity index (χ0n) is 15.6. The topological polar surface area (TPSA) is 69.7 Å². The van der Waals surface area contributed by atoms with Crippen LogP contribution >= 0.6 is 0 Å². The second-order valence-electron chi connectivity index (χ2n) is 6.61. The van der Waals surface area contributed by atoms with Crippen LogP contribution in [0, 0.1) is 0 Å². The Labute approximate surface area is 153 Å². The van der Waals surface area contributed by atoms with Crippen molar-refractivity contribution >= 4 is 17.5 Å². The monoisotopic (exact) mass is 356 g/mol. The van der Waals surface area contributed by atoms with E-state index in [2.05, 4.69) is 26.8 Å². The first-order chi connectivity index (χ1) is 12.3. The number of rotatable bonds is 7. The molecular weight excluding hydrogens is 332 g/mol. The average Bonchev–Trinajstić information content (AvgIpc) is 2.79. The maximum absolute atomic E-state index is 12.3. The van der Waals surface area contributed by atoms with Gasteiger partial charge in [0.05, 0.1) is 0 Å². The van der Waals surface area contributed by atoms with Crippen molar-refractivity contribution < 1.29 is 23.9 Å². The molecular formula is C21H24O5. The maximum Gasteiger partial charge on any atom is 0.303 e. The van der Waals surface area contributed by atoms with Gasteiger partial charge in [-0.1, -0.05) is 17.2 Å². The number of Topliss-reactive ketones (excluding diaryl/α,β-unsaturated/α-hetero) is 2. The minimum absolute atomic E-state index is 0.239. The lowest BCUT2D eigenvalue weighted by atomic mass is 10.1. The Morgan fingerprint density at radius 1 is 1.04 bits per heavy atom. The first-order valence-electron chi connectivity index (χ1n) is 8.61. The average molecular weight is 356 g/mol. The Morgan fingerprint density at radius 2 is 1.73 bits per heavy atom. The van der Waals surface area contributed by atoms with Crippen molar-refractivity contribution in [2.75, 3.05) is 6.61 Å². The van der Waals surface area contributed by atoms with E-state index >= 15 is 0 Å². The molecule has 5 heteroatoms. The number of benzene rings is 1. The predicted octanol–water partition coefficient (Wildman–Crippen LogP) is 4.07. The van der Waals surface area contributed by atoms with Gasteiger partial charge in [0.2, 0.25) is 17.7 Å². The van der Waals surface area contributed by atoms with Gasteiger partial charge in [-0.15, -0.1) is 0 Å². The van der Waals surface area contributed by atoms with Gasteiger partial charge in [-0.25, -0.2) is 0 Å². The molecule has 1 aromatic carbocycles. The molecule has 0 saturated carbocycles. The molecule has 1 unspecified atom stereocenters. The van der Waals surface area contributed by atoms with Crippen LogP contribution in [0.4, 0.5) is 0 Å². The molecule has 26 heavy (non-hydrogen) atoms. The van der Waals surface area contributed by atoms with Crippen molar-refractivity contribution in [1.82, 2.24) is 0 Å². The second-order valence-corrected chi connectivity index (χ2v) is 6.61. The summed E-state index contributed by atoms with van der Waals surface area (Å²) in [6.07, 6.45) is 4.80. The molecule has 0 aromatic heterocycles. The van der Waals surface area contributed by atoms with Crippen LogP contribution in [0.3, 0.4) is 0 Å². The molecule has 5 nitrogen and oxygen atoms in total. The van der Waals surface area contributed by atoms with Crippen molar-refractivity contribution in [3.63, 3.8) is 0 Å². The molecule has 0 amide bonds. The third kappa shape index (κ3) is 4.91. The molecule has 138 valence electrons. The molecule has 0 spiro atoms. The Morgan fingerprint density at radius 3 is 2.38 bits per heavy atom. The van der Waals surface area contributed by atoms with E-state index in [1.54, 1.807) is 12.1 Å². The van der Waals surface area contributed by atoms with Gasteiger partial charge in [0.25, 0.3) is 0 Å². The van der Waals surface area contributed by atoms with E-state index in [9.17, 15) is 14.4 Å². The summed E-state index contributed by atoms with van der Waals surface area (Å²) in [6.45, 7) is 7.76. The van der Waals surface area contributed by atoms with Gasteiger partial charge >= 0.3 is 5.97 Å². The van der Waals surface area contributed by atoms with E-state index in [0.29, 0.717) is 12.4 Å². The van der Waals surface area contributed by atoms with E-state index in [1.807, 2.05) is 6.08 Å². The van der Waals surface area contributed by atoms with Crippen molar-refractivity contribution in [3.8, 4) is 5.75 Å². The largest absolute Gasteiger partial charge is 0.490 e. The Bertz CT molecular complexity index is 782. The van der Waals surface area contributed by atoms with Crippen LogP contribution in [0.25, 0.3) is 0 Å². The fraction of sp³-hybridized carbons (Fsp3) is 0.381. The lowest BCUT2D eigenvalue weighted by Crippen LogP contribution is -2.27. The molecule has 2 rings (SSSR count). The molecule has 1 aliphatic rings. The maximum atomic E-state index is 12.3. The third-order valence-corrected chi connectivity index (χ3v) is 4.06. The first kappa shape index (κ1) is 19.6. The highest BCUT2D eigenvalue weighted by Crippen LogP contribution is 2.28. The van der Waals surface area contributed by atoms with Gasteiger partial charge in [0, 0.05) is 18.1 Å². The van der Waals surface area contributed by atoms with Crippen LogP contribution in [0.1, 0.15) is 61.3 Å². The Hall–Kier alpha value is -2.69. The second kappa shape index (κ2) is 8.61. The summed E-state index contributed by atoms with van der Waals surface area (Å²) in [7, 11) is 0. The van der Waals surface area contributed by atoms with Crippen molar-refractivity contribution in [1.29, 1.82) is 0 Å². The summed E-state index contributed by atoms with van der Waals surface area (Å²) >= 11 is 0. The minimum Gasteiger partial charge on any atom is -0.490 e. The zero-order chi connectivity index (χ0) is 19.3. The van der Waals surface area contributed by atoms with E-state index in [4.69, 9.17) is 9.47 Å². The van der Waals surface area contributed by atoms with E-state index in [1.165, 1.54) is 24.1 Å².